The molecule has 0 bridgehead atoms. The van der Waals surface area contributed by atoms with E-state index in [1.807, 2.05) is 0 Å². The van der Waals surface area contributed by atoms with Gasteiger partial charge >= 0.3 is 12.4 Å². The molecule has 0 aliphatic carbocycles. The standard InChI is InChI=1S/C12H5F6NO2S/c13-11(14,15)6-1-2-7(12(16,17)18)5(3-6)4-8-9(20)19-10(21)22-8/h1-4H,(H,19,20,21). The quantitative estimate of drug-likeness (QED) is 0.619. The molecule has 1 aromatic rings. The number of thioether (sulfide) groups is 1. The zero-order chi connectivity index (χ0) is 16.7. The van der Waals surface area contributed by atoms with Gasteiger partial charge in [-0.05, 0) is 41.6 Å². The summed E-state index contributed by atoms with van der Waals surface area (Å²) in [4.78, 5) is 21.8. The molecule has 0 unspecified atom stereocenters. The lowest BCUT2D eigenvalue weighted by molar-refractivity contribution is -0.141. The highest BCUT2D eigenvalue weighted by Crippen LogP contribution is 2.38. The van der Waals surface area contributed by atoms with Gasteiger partial charge in [0, 0.05) is 0 Å². The van der Waals surface area contributed by atoms with Crippen molar-refractivity contribution in [3.05, 3.63) is 39.8 Å². The maximum Gasteiger partial charge on any atom is 0.416 e. The molecular formula is C12H5F6NO2S. The van der Waals surface area contributed by atoms with E-state index in [1.165, 1.54) is 0 Å². The van der Waals surface area contributed by atoms with E-state index in [1.54, 1.807) is 5.32 Å². The van der Waals surface area contributed by atoms with Crippen LogP contribution in [0.3, 0.4) is 0 Å². The summed E-state index contributed by atoms with van der Waals surface area (Å²) >= 11 is 0.314. The van der Waals surface area contributed by atoms with Crippen LogP contribution >= 0.6 is 11.8 Å². The number of carbonyl (C=O) groups excluding carboxylic acids is 2. The molecule has 0 aromatic heterocycles. The van der Waals surface area contributed by atoms with E-state index in [4.69, 9.17) is 0 Å². The minimum atomic E-state index is -4.90. The van der Waals surface area contributed by atoms with Gasteiger partial charge in [-0.15, -0.1) is 0 Å². The second-order valence-electron chi connectivity index (χ2n) is 4.15. The van der Waals surface area contributed by atoms with E-state index in [0.717, 1.165) is 0 Å². The minimum absolute atomic E-state index is 0.284. The summed E-state index contributed by atoms with van der Waals surface area (Å²) in [6.45, 7) is 0. The topological polar surface area (TPSA) is 46.2 Å². The lowest BCUT2D eigenvalue weighted by Crippen LogP contribution is -2.18. The van der Waals surface area contributed by atoms with Gasteiger partial charge in [-0.1, -0.05) is 0 Å². The lowest BCUT2D eigenvalue weighted by atomic mass is 10.0. The van der Waals surface area contributed by atoms with Crippen LogP contribution in [0, 0.1) is 0 Å². The second kappa shape index (κ2) is 5.34. The number of hydrogen-bond acceptors (Lipinski definition) is 3. The SMILES string of the molecule is O=C1NC(=O)C(=Cc2cc(C(F)(F)F)ccc2C(F)(F)F)S1. The largest absolute Gasteiger partial charge is 0.416 e. The maximum absolute atomic E-state index is 12.8. The van der Waals surface area contributed by atoms with Gasteiger partial charge in [-0.25, -0.2) is 0 Å². The Labute approximate surface area is 123 Å². The third-order valence-corrected chi connectivity index (χ3v) is 3.42. The Morgan fingerprint density at radius 3 is 2.09 bits per heavy atom. The van der Waals surface area contributed by atoms with Gasteiger partial charge in [-0.2, -0.15) is 26.3 Å². The first-order valence-corrected chi connectivity index (χ1v) is 6.33. The second-order valence-corrected chi connectivity index (χ2v) is 5.16. The Bertz CT molecular complexity index is 677. The fraction of sp³-hybridized carbons (Fsp3) is 0.167. The Balaban J connectivity index is 2.58. The Morgan fingerprint density at radius 1 is 1.00 bits per heavy atom. The smallest absolute Gasteiger partial charge is 0.282 e. The van der Waals surface area contributed by atoms with Crippen molar-refractivity contribution in [2.45, 2.75) is 12.4 Å². The van der Waals surface area contributed by atoms with Crippen molar-refractivity contribution < 1.29 is 35.9 Å². The monoisotopic (exact) mass is 341 g/mol. The van der Waals surface area contributed by atoms with Crippen molar-refractivity contribution in [3.63, 3.8) is 0 Å². The third kappa shape index (κ3) is 3.43. The van der Waals surface area contributed by atoms with Crippen LogP contribution in [0.5, 0.6) is 0 Å². The van der Waals surface area contributed by atoms with E-state index in [0.29, 0.717) is 23.9 Å². The first-order valence-electron chi connectivity index (χ1n) is 5.52. The predicted octanol–water partition coefficient (Wildman–Crippen LogP) is 4.05. The van der Waals surface area contributed by atoms with Gasteiger partial charge in [0.25, 0.3) is 11.1 Å². The molecule has 2 rings (SSSR count). The normalized spacial score (nSPS) is 18.0. The zero-order valence-corrected chi connectivity index (χ0v) is 11.1. The minimum Gasteiger partial charge on any atom is -0.282 e. The van der Waals surface area contributed by atoms with Crippen molar-refractivity contribution in [1.82, 2.24) is 5.32 Å². The molecule has 0 saturated carbocycles. The molecule has 1 aliphatic heterocycles. The highest BCUT2D eigenvalue weighted by atomic mass is 32.2. The summed E-state index contributed by atoms with van der Waals surface area (Å²) < 4.78 is 76.3. The molecule has 0 radical (unpaired) electrons. The van der Waals surface area contributed by atoms with E-state index in [9.17, 15) is 35.9 Å². The number of nitrogens with one attached hydrogen (secondary N) is 1. The molecule has 1 aliphatic rings. The molecule has 118 valence electrons. The van der Waals surface area contributed by atoms with Crippen molar-refractivity contribution in [2.75, 3.05) is 0 Å². The number of imide groups is 1. The van der Waals surface area contributed by atoms with Crippen LogP contribution in [0.1, 0.15) is 16.7 Å². The van der Waals surface area contributed by atoms with E-state index in [-0.39, 0.29) is 12.1 Å². The third-order valence-electron chi connectivity index (χ3n) is 2.61. The number of amides is 2. The van der Waals surface area contributed by atoms with Crippen molar-refractivity contribution in [1.29, 1.82) is 0 Å². The highest BCUT2D eigenvalue weighted by Gasteiger charge is 2.37. The first-order chi connectivity index (χ1) is 9.98. The number of carbonyl (C=O) groups is 2. The number of benzene rings is 1. The van der Waals surface area contributed by atoms with Crippen LogP contribution in [-0.2, 0) is 17.1 Å². The average Bonchev–Trinajstić information content (AvgIpc) is 2.65. The molecule has 10 heteroatoms. The van der Waals surface area contributed by atoms with Crippen LogP contribution < -0.4 is 5.32 Å². The molecule has 1 aromatic carbocycles. The molecule has 0 atom stereocenters. The van der Waals surface area contributed by atoms with Gasteiger partial charge in [0.2, 0.25) is 0 Å². The van der Waals surface area contributed by atoms with E-state index in [2.05, 4.69) is 0 Å². The van der Waals surface area contributed by atoms with Gasteiger partial charge in [-0.3, -0.25) is 14.9 Å². The molecule has 1 heterocycles. The molecular weight excluding hydrogens is 336 g/mol. The number of alkyl halides is 6. The molecule has 22 heavy (non-hydrogen) atoms. The molecule has 1 N–H and O–H groups in total. The molecule has 2 amide bonds. The molecule has 1 fully saturated rings. The van der Waals surface area contributed by atoms with Gasteiger partial charge in [0.15, 0.2) is 0 Å². The number of hydrogen-bond donors (Lipinski definition) is 1. The van der Waals surface area contributed by atoms with Crippen LogP contribution in [0.2, 0.25) is 0 Å². The zero-order valence-electron chi connectivity index (χ0n) is 10.3. The number of rotatable bonds is 1. The summed E-state index contributed by atoms with van der Waals surface area (Å²) in [6, 6.07) is 0.874. The number of halogens is 6. The fourth-order valence-electron chi connectivity index (χ4n) is 1.68. The average molecular weight is 341 g/mol. The summed E-state index contributed by atoms with van der Waals surface area (Å²) in [6.07, 6.45) is -9.12. The maximum atomic E-state index is 12.8. The van der Waals surface area contributed by atoms with Crippen LogP contribution in [-0.4, -0.2) is 11.1 Å². The lowest BCUT2D eigenvalue weighted by Gasteiger charge is -2.14. The molecule has 0 spiro atoms. The van der Waals surface area contributed by atoms with Crippen LogP contribution in [0.15, 0.2) is 23.1 Å². The van der Waals surface area contributed by atoms with Crippen molar-refractivity contribution in [2.24, 2.45) is 0 Å². The Morgan fingerprint density at radius 2 is 1.64 bits per heavy atom. The van der Waals surface area contributed by atoms with E-state index >= 15 is 0 Å². The summed E-state index contributed by atoms with van der Waals surface area (Å²) in [5.74, 6) is -0.958. The first kappa shape index (κ1) is 16.4. The van der Waals surface area contributed by atoms with E-state index < -0.39 is 45.1 Å². The van der Waals surface area contributed by atoms with Crippen molar-refractivity contribution >= 4 is 29.0 Å². The summed E-state index contributed by atoms with van der Waals surface area (Å²) in [7, 11) is 0. The predicted molar refractivity (Wildman–Crippen MR) is 65.6 cm³/mol. The van der Waals surface area contributed by atoms with Crippen LogP contribution in [0.25, 0.3) is 6.08 Å². The van der Waals surface area contributed by atoms with Crippen LogP contribution in [0.4, 0.5) is 31.1 Å². The highest BCUT2D eigenvalue weighted by molar-refractivity contribution is 8.18. The fourth-order valence-corrected chi connectivity index (χ4v) is 2.35. The molecule has 3 nitrogen and oxygen atoms in total. The Kier molecular flexibility index (Phi) is 3.98. The Hall–Kier alpha value is -1.97. The summed E-state index contributed by atoms with van der Waals surface area (Å²) in [5, 5.41) is 0.995. The van der Waals surface area contributed by atoms with Gasteiger partial charge in [0.1, 0.15) is 0 Å². The van der Waals surface area contributed by atoms with Gasteiger partial charge in [0.05, 0.1) is 16.0 Å². The van der Waals surface area contributed by atoms with Crippen molar-refractivity contribution in [3.8, 4) is 0 Å². The van der Waals surface area contributed by atoms with Gasteiger partial charge < -0.3 is 0 Å². The molecule has 1 saturated heterocycles. The summed E-state index contributed by atoms with van der Waals surface area (Å²) in [5.41, 5.74) is -3.46.